The number of thiophene rings is 1. The molecule has 1 atom stereocenters. The van der Waals surface area contributed by atoms with Crippen LogP contribution >= 0.6 is 11.3 Å². The summed E-state index contributed by atoms with van der Waals surface area (Å²) in [6.07, 6.45) is 0. The zero-order valence-electron chi connectivity index (χ0n) is 11.3. The lowest BCUT2D eigenvalue weighted by Crippen LogP contribution is -2.38. The molecule has 0 bridgehead atoms. The molecule has 1 unspecified atom stereocenters. The monoisotopic (exact) mass is 254 g/mol. The Morgan fingerprint density at radius 3 is 2.47 bits per heavy atom. The highest BCUT2D eigenvalue weighted by Gasteiger charge is 2.12. The lowest BCUT2D eigenvalue weighted by Gasteiger charge is -2.14. The third kappa shape index (κ3) is 4.48. The molecule has 0 radical (unpaired) electrons. The molecule has 3 nitrogen and oxygen atoms in total. The first kappa shape index (κ1) is 14.2. The Hall–Kier alpha value is -0.870. The summed E-state index contributed by atoms with van der Waals surface area (Å²) in [5, 5.41) is 6.12. The Morgan fingerprint density at radius 2 is 2.00 bits per heavy atom. The lowest BCUT2D eigenvalue weighted by atomic mass is 10.1. The van der Waals surface area contributed by atoms with Crippen LogP contribution in [0.2, 0.25) is 0 Å². The predicted octanol–water partition coefficient (Wildman–Crippen LogP) is 2.54. The van der Waals surface area contributed by atoms with E-state index in [1.807, 2.05) is 13.8 Å². The summed E-state index contributed by atoms with van der Waals surface area (Å²) in [5.41, 5.74) is 1.30. The average molecular weight is 254 g/mol. The van der Waals surface area contributed by atoms with E-state index in [1.165, 1.54) is 15.3 Å². The highest BCUT2D eigenvalue weighted by molar-refractivity contribution is 7.12. The second-order valence-electron chi connectivity index (χ2n) is 4.69. The minimum Gasteiger partial charge on any atom is -0.353 e. The van der Waals surface area contributed by atoms with Crippen LogP contribution in [0.1, 0.15) is 42.1 Å². The fraction of sp³-hybridized carbons (Fsp3) is 0.615. The standard InChI is InChI=1S/C13H22N2OS/c1-8(2)15-13(16)7-14-10(4)12-6-9(3)17-11(12)5/h6,8,10,14H,7H2,1-5H3,(H,15,16). The lowest BCUT2D eigenvalue weighted by molar-refractivity contribution is -0.120. The van der Waals surface area contributed by atoms with E-state index in [-0.39, 0.29) is 18.0 Å². The van der Waals surface area contributed by atoms with Gasteiger partial charge < -0.3 is 10.6 Å². The number of nitrogens with one attached hydrogen (secondary N) is 2. The zero-order valence-corrected chi connectivity index (χ0v) is 12.1. The van der Waals surface area contributed by atoms with Crippen molar-refractivity contribution in [2.75, 3.05) is 6.54 Å². The van der Waals surface area contributed by atoms with Gasteiger partial charge in [-0.1, -0.05) is 0 Å². The van der Waals surface area contributed by atoms with Gasteiger partial charge >= 0.3 is 0 Å². The Bertz CT molecular complexity index is 385. The van der Waals surface area contributed by atoms with Crippen LogP contribution in [0.25, 0.3) is 0 Å². The Balaban J connectivity index is 2.47. The van der Waals surface area contributed by atoms with Gasteiger partial charge in [0.2, 0.25) is 5.91 Å². The quantitative estimate of drug-likeness (QED) is 0.848. The Kier molecular flexibility index (Phi) is 5.15. The van der Waals surface area contributed by atoms with E-state index in [0.29, 0.717) is 6.54 Å². The van der Waals surface area contributed by atoms with Crippen molar-refractivity contribution in [2.24, 2.45) is 0 Å². The topological polar surface area (TPSA) is 41.1 Å². The molecule has 1 aromatic rings. The number of carbonyl (C=O) groups excluding carboxylic acids is 1. The number of rotatable bonds is 5. The molecule has 1 amide bonds. The third-order valence-corrected chi connectivity index (χ3v) is 3.55. The van der Waals surface area contributed by atoms with E-state index in [2.05, 4.69) is 37.5 Å². The van der Waals surface area contributed by atoms with Crippen molar-refractivity contribution < 1.29 is 4.79 Å². The summed E-state index contributed by atoms with van der Waals surface area (Å²) in [7, 11) is 0. The van der Waals surface area contributed by atoms with Crippen LogP contribution in [-0.4, -0.2) is 18.5 Å². The normalized spacial score (nSPS) is 12.8. The van der Waals surface area contributed by atoms with Gasteiger partial charge in [-0.15, -0.1) is 11.3 Å². The highest BCUT2D eigenvalue weighted by atomic mass is 32.1. The number of hydrogen-bond acceptors (Lipinski definition) is 3. The maximum atomic E-state index is 11.5. The molecule has 1 heterocycles. The summed E-state index contributed by atoms with van der Waals surface area (Å²) < 4.78 is 0. The van der Waals surface area contributed by atoms with E-state index >= 15 is 0 Å². The van der Waals surface area contributed by atoms with Crippen molar-refractivity contribution in [1.29, 1.82) is 0 Å². The first-order valence-electron chi connectivity index (χ1n) is 5.99. The van der Waals surface area contributed by atoms with Gasteiger partial charge in [0.25, 0.3) is 0 Å². The fourth-order valence-corrected chi connectivity index (χ4v) is 2.83. The predicted molar refractivity (Wildman–Crippen MR) is 73.5 cm³/mol. The van der Waals surface area contributed by atoms with Crippen LogP contribution in [-0.2, 0) is 4.79 Å². The first-order chi connectivity index (χ1) is 7.90. The number of carbonyl (C=O) groups is 1. The van der Waals surface area contributed by atoms with Crippen LogP contribution in [0, 0.1) is 13.8 Å². The minimum atomic E-state index is 0.0523. The molecule has 96 valence electrons. The van der Waals surface area contributed by atoms with Gasteiger partial charge in [-0.2, -0.15) is 0 Å². The van der Waals surface area contributed by atoms with Crippen LogP contribution in [0.15, 0.2) is 6.07 Å². The van der Waals surface area contributed by atoms with Crippen LogP contribution in [0.4, 0.5) is 0 Å². The first-order valence-corrected chi connectivity index (χ1v) is 6.81. The van der Waals surface area contributed by atoms with E-state index < -0.39 is 0 Å². The van der Waals surface area contributed by atoms with E-state index in [9.17, 15) is 4.79 Å². The van der Waals surface area contributed by atoms with Crippen molar-refractivity contribution in [3.05, 3.63) is 21.4 Å². The second kappa shape index (κ2) is 6.17. The molecule has 17 heavy (non-hydrogen) atoms. The average Bonchev–Trinajstić information content (AvgIpc) is 2.53. The smallest absolute Gasteiger partial charge is 0.234 e. The van der Waals surface area contributed by atoms with Gasteiger partial charge in [0.15, 0.2) is 0 Å². The van der Waals surface area contributed by atoms with Gasteiger partial charge in [-0.05, 0) is 46.2 Å². The SMILES string of the molecule is Cc1cc(C(C)NCC(=O)NC(C)C)c(C)s1. The second-order valence-corrected chi connectivity index (χ2v) is 6.15. The molecule has 0 saturated heterocycles. The maximum Gasteiger partial charge on any atom is 0.234 e. The largest absolute Gasteiger partial charge is 0.353 e. The summed E-state index contributed by atoms with van der Waals surface area (Å²) in [5.74, 6) is 0.0523. The molecule has 0 spiro atoms. The van der Waals surface area contributed by atoms with Gasteiger partial charge in [0, 0.05) is 21.8 Å². The molecule has 0 aliphatic rings. The maximum absolute atomic E-state index is 11.5. The molecular formula is C13H22N2OS. The zero-order chi connectivity index (χ0) is 13.0. The van der Waals surface area contributed by atoms with Crippen LogP contribution < -0.4 is 10.6 Å². The molecular weight excluding hydrogens is 232 g/mol. The molecule has 4 heteroatoms. The van der Waals surface area contributed by atoms with Gasteiger partial charge in [-0.3, -0.25) is 4.79 Å². The van der Waals surface area contributed by atoms with Gasteiger partial charge in [0.1, 0.15) is 0 Å². The van der Waals surface area contributed by atoms with Crippen molar-refractivity contribution in [3.8, 4) is 0 Å². The Morgan fingerprint density at radius 1 is 1.35 bits per heavy atom. The molecule has 0 aliphatic heterocycles. The van der Waals surface area contributed by atoms with Gasteiger partial charge in [0.05, 0.1) is 6.54 Å². The van der Waals surface area contributed by atoms with Crippen molar-refractivity contribution in [2.45, 2.75) is 46.7 Å². The van der Waals surface area contributed by atoms with E-state index in [0.717, 1.165) is 0 Å². The molecule has 1 rings (SSSR count). The van der Waals surface area contributed by atoms with Crippen LogP contribution in [0.3, 0.4) is 0 Å². The number of hydrogen-bond donors (Lipinski definition) is 2. The highest BCUT2D eigenvalue weighted by Crippen LogP contribution is 2.25. The van der Waals surface area contributed by atoms with Crippen molar-refractivity contribution >= 4 is 17.2 Å². The van der Waals surface area contributed by atoms with Crippen molar-refractivity contribution in [1.82, 2.24) is 10.6 Å². The number of amides is 1. The van der Waals surface area contributed by atoms with E-state index in [1.54, 1.807) is 11.3 Å². The molecule has 1 aromatic heterocycles. The third-order valence-electron chi connectivity index (χ3n) is 2.56. The summed E-state index contributed by atoms with van der Waals surface area (Å²) in [6, 6.07) is 2.61. The molecule has 0 aliphatic carbocycles. The molecule has 2 N–H and O–H groups in total. The summed E-state index contributed by atoms with van der Waals surface area (Å²) >= 11 is 1.80. The number of aryl methyl sites for hydroxylation is 2. The molecule has 0 fully saturated rings. The van der Waals surface area contributed by atoms with E-state index in [4.69, 9.17) is 0 Å². The summed E-state index contributed by atoms with van der Waals surface area (Å²) in [4.78, 5) is 14.2. The Labute approximate surface area is 108 Å². The minimum absolute atomic E-state index is 0.0523. The molecule has 0 saturated carbocycles. The summed E-state index contributed by atoms with van der Waals surface area (Å²) in [6.45, 7) is 10.6. The fourth-order valence-electron chi connectivity index (χ4n) is 1.81. The molecule has 0 aromatic carbocycles. The van der Waals surface area contributed by atoms with Crippen LogP contribution in [0.5, 0.6) is 0 Å². The van der Waals surface area contributed by atoms with Crippen molar-refractivity contribution in [3.63, 3.8) is 0 Å². The van der Waals surface area contributed by atoms with Gasteiger partial charge in [-0.25, -0.2) is 0 Å².